The summed E-state index contributed by atoms with van der Waals surface area (Å²) in [5, 5.41) is 10.4. The molecule has 2 nitrogen and oxygen atoms in total. The van der Waals surface area contributed by atoms with Gasteiger partial charge in [-0.1, -0.05) is 32.9 Å². The Morgan fingerprint density at radius 2 is 1.78 bits per heavy atom. The SMILES string of the molecule is CC(C)CCSc1ccc(C(O)CCN2CCC(C)CC2)cc1. The van der Waals surface area contributed by atoms with E-state index < -0.39 is 0 Å². The molecule has 3 heteroatoms. The molecule has 1 aliphatic rings. The largest absolute Gasteiger partial charge is 0.388 e. The van der Waals surface area contributed by atoms with Crippen molar-refractivity contribution in [1.29, 1.82) is 0 Å². The molecule has 0 bridgehead atoms. The van der Waals surface area contributed by atoms with E-state index >= 15 is 0 Å². The van der Waals surface area contributed by atoms with Gasteiger partial charge in [0.05, 0.1) is 6.10 Å². The summed E-state index contributed by atoms with van der Waals surface area (Å²) >= 11 is 1.92. The Balaban J connectivity index is 1.73. The predicted molar refractivity (Wildman–Crippen MR) is 101 cm³/mol. The Kier molecular flexibility index (Phi) is 7.94. The maximum atomic E-state index is 10.4. The quantitative estimate of drug-likeness (QED) is 0.678. The first-order valence-electron chi connectivity index (χ1n) is 9.17. The number of thioether (sulfide) groups is 1. The Hall–Kier alpha value is -0.510. The summed E-state index contributed by atoms with van der Waals surface area (Å²) in [6, 6.07) is 8.51. The molecular weight excluding hydrogens is 302 g/mol. The van der Waals surface area contributed by atoms with Crippen LogP contribution in [0.4, 0.5) is 0 Å². The van der Waals surface area contributed by atoms with E-state index in [0.29, 0.717) is 0 Å². The van der Waals surface area contributed by atoms with Gasteiger partial charge < -0.3 is 10.0 Å². The standard InChI is InChI=1S/C20H33NOS/c1-16(2)11-15-23-19-6-4-18(5-7-19)20(22)10-14-21-12-8-17(3)9-13-21/h4-7,16-17,20,22H,8-15H2,1-3H3. The second-order valence-corrected chi connectivity index (χ2v) is 8.60. The topological polar surface area (TPSA) is 23.5 Å². The summed E-state index contributed by atoms with van der Waals surface area (Å²) in [6.07, 6.45) is 4.37. The number of aliphatic hydroxyl groups is 1. The third-order valence-electron chi connectivity index (χ3n) is 4.82. The first kappa shape index (κ1) is 18.8. The fraction of sp³-hybridized carbons (Fsp3) is 0.700. The van der Waals surface area contributed by atoms with Crippen LogP contribution in [0.5, 0.6) is 0 Å². The fourth-order valence-corrected chi connectivity index (χ4v) is 4.11. The van der Waals surface area contributed by atoms with Gasteiger partial charge in [-0.05, 0) is 74.1 Å². The number of hydrogen-bond acceptors (Lipinski definition) is 3. The Bertz CT molecular complexity index is 437. The van der Waals surface area contributed by atoms with E-state index in [9.17, 15) is 5.11 Å². The lowest BCUT2D eigenvalue weighted by molar-refractivity contribution is 0.125. The summed E-state index contributed by atoms with van der Waals surface area (Å²) in [4.78, 5) is 3.81. The van der Waals surface area contributed by atoms with Crippen molar-refractivity contribution in [2.45, 2.75) is 57.5 Å². The zero-order chi connectivity index (χ0) is 16.7. The average Bonchev–Trinajstić information content (AvgIpc) is 2.54. The van der Waals surface area contributed by atoms with Crippen LogP contribution in [0.2, 0.25) is 0 Å². The van der Waals surface area contributed by atoms with Crippen LogP contribution in [-0.4, -0.2) is 35.4 Å². The van der Waals surface area contributed by atoms with Crippen LogP contribution in [0.15, 0.2) is 29.2 Å². The summed E-state index contributed by atoms with van der Waals surface area (Å²) in [5.41, 5.74) is 1.06. The number of rotatable bonds is 8. The Morgan fingerprint density at radius 3 is 2.39 bits per heavy atom. The van der Waals surface area contributed by atoms with Gasteiger partial charge in [0.15, 0.2) is 0 Å². The highest BCUT2D eigenvalue weighted by Gasteiger charge is 2.17. The number of likely N-dealkylation sites (tertiary alicyclic amines) is 1. The summed E-state index contributed by atoms with van der Waals surface area (Å²) < 4.78 is 0. The van der Waals surface area contributed by atoms with Gasteiger partial charge in [0.1, 0.15) is 0 Å². The van der Waals surface area contributed by atoms with Crippen molar-refractivity contribution in [3.63, 3.8) is 0 Å². The lowest BCUT2D eigenvalue weighted by Gasteiger charge is -2.30. The Labute approximate surface area is 146 Å². The lowest BCUT2D eigenvalue weighted by Crippen LogP contribution is -2.34. The van der Waals surface area contributed by atoms with Crippen molar-refractivity contribution in [3.05, 3.63) is 29.8 Å². The molecule has 0 amide bonds. The third kappa shape index (κ3) is 6.86. The molecule has 1 fully saturated rings. The number of benzene rings is 1. The maximum absolute atomic E-state index is 10.4. The molecule has 0 aromatic heterocycles. The number of hydrogen-bond donors (Lipinski definition) is 1. The minimum Gasteiger partial charge on any atom is -0.388 e. The van der Waals surface area contributed by atoms with Crippen molar-refractivity contribution in [2.75, 3.05) is 25.4 Å². The van der Waals surface area contributed by atoms with Crippen LogP contribution in [0.1, 0.15) is 58.1 Å². The minimum atomic E-state index is -0.330. The predicted octanol–water partition coefficient (Wildman–Crippen LogP) is 4.98. The molecule has 0 saturated carbocycles. The van der Waals surface area contributed by atoms with Crippen LogP contribution in [0.3, 0.4) is 0 Å². The fourth-order valence-electron chi connectivity index (χ4n) is 2.96. The van der Waals surface area contributed by atoms with Gasteiger partial charge in [-0.15, -0.1) is 11.8 Å². The van der Waals surface area contributed by atoms with Crippen LogP contribution < -0.4 is 0 Å². The summed E-state index contributed by atoms with van der Waals surface area (Å²) in [6.45, 7) is 10.3. The molecule has 1 atom stereocenters. The highest BCUT2D eigenvalue weighted by molar-refractivity contribution is 7.99. The molecule has 1 N–H and O–H groups in total. The third-order valence-corrected chi connectivity index (χ3v) is 5.87. The van der Waals surface area contributed by atoms with E-state index in [0.717, 1.165) is 30.4 Å². The molecule has 1 aromatic rings. The van der Waals surface area contributed by atoms with Gasteiger partial charge >= 0.3 is 0 Å². The molecule has 1 aliphatic heterocycles. The second-order valence-electron chi connectivity index (χ2n) is 7.43. The molecule has 1 aromatic carbocycles. The highest BCUT2D eigenvalue weighted by Crippen LogP contribution is 2.25. The zero-order valence-corrected chi connectivity index (χ0v) is 15.8. The number of nitrogens with zero attached hydrogens (tertiary/aromatic N) is 1. The molecule has 0 radical (unpaired) electrons. The number of piperidine rings is 1. The van der Waals surface area contributed by atoms with Gasteiger partial charge in [-0.2, -0.15) is 0 Å². The summed E-state index contributed by atoms with van der Waals surface area (Å²) in [5.74, 6) is 2.81. The number of aliphatic hydroxyl groups excluding tert-OH is 1. The van der Waals surface area contributed by atoms with Gasteiger partial charge in [0.2, 0.25) is 0 Å². The molecule has 2 rings (SSSR count). The summed E-state index contributed by atoms with van der Waals surface area (Å²) in [7, 11) is 0. The van der Waals surface area contributed by atoms with Crippen molar-refractivity contribution in [2.24, 2.45) is 11.8 Å². The van der Waals surface area contributed by atoms with Crippen LogP contribution in [-0.2, 0) is 0 Å². The molecule has 0 spiro atoms. The van der Waals surface area contributed by atoms with E-state index in [1.807, 2.05) is 11.8 Å². The lowest BCUT2D eigenvalue weighted by atomic mass is 9.98. The molecule has 0 aliphatic carbocycles. The van der Waals surface area contributed by atoms with E-state index in [1.165, 1.54) is 43.0 Å². The van der Waals surface area contributed by atoms with Gasteiger partial charge in [0.25, 0.3) is 0 Å². The van der Waals surface area contributed by atoms with Gasteiger partial charge in [-0.25, -0.2) is 0 Å². The van der Waals surface area contributed by atoms with Crippen LogP contribution >= 0.6 is 11.8 Å². The van der Waals surface area contributed by atoms with E-state index in [-0.39, 0.29) is 6.10 Å². The van der Waals surface area contributed by atoms with E-state index in [2.05, 4.69) is 49.9 Å². The van der Waals surface area contributed by atoms with Crippen molar-refractivity contribution in [3.8, 4) is 0 Å². The van der Waals surface area contributed by atoms with Crippen LogP contribution in [0, 0.1) is 11.8 Å². The van der Waals surface area contributed by atoms with E-state index in [4.69, 9.17) is 0 Å². The maximum Gasteiger partial charge on any atom is 0.0802 e. The smallest absolute Gasteiger partial charge is 0.0802 e. The minimum absolute atomic E-state index is 0.330. The van der Waals surface area contributed by atoms with Gasteiger partial charge in [-0.3, -0.25) is 0 Å². The molecule has 23 heavy (non-hydrogen) atoms. The normalized spacial score (nSPS) is 18.5. The van der Waals surface area contributed by atoms with Gasteiger partial charge in [0, 0.05) is 11.4 Å². The first-order chi connectivity index (χ1) is 11.0. The zero-order valence-electron chi connectivity index (χ0n) is 15.0. The molecule has 130 valence electrons. The average molecular weight is 336 g/mol. The Morgan fingerprint density at radius 1 is 1.13 bits per heavy atom. The van der Waals surface area contributed by atoms with Crippen molar-refractivity contribution in [1.82, 2.24) is 4.90 Å². The molecule has 1 unspecified atom stereocenters. The van der Waals surface area contributed by atoms with Crippen LogP contribution in [0.25, 0.3) is 0 Å². The molecule has 1 heterocycles. The monoisotopic (exact) mass is 335 g/mol. The second kappa shape index (κ2) is 9.71. The highest BCUT2D eigenvalue weighted by atomic mass is 32.2. The van der Waals surface area contributed by atoms with E-state index in [1.54, 1.807) is 0 Å². The molecule has 1 saturated heterocycles. The molecular formula is C20H33NOS. The van der Waals surface area contributed by atoms with Crippen molar-refractivity contribution < 1.29 is 5.11 Å². The van der Waals surface area contributed by atoms with Crippen molar-refractivity contribution >= 4 is 11.8 Å². The first-order valence-corrected chi connectivity index (χ1v) is 10.2.